The number of carbonyl (C=O) groups is 1. The monoisotopic (exact) mass is 339 g/mol. The van der Waals surface area contributed by atoms with Crippen molar-refractivity contribution in [2.45, 2.75) is 40.0 Å². The molecule has 1 N–H and O–H groups in total. The van der Waals surface area contributed by atoms with E-state index in [0.29, 0.717) is 12.4 Å². The Morgan fingerprint density at radius 1 is 1.32 bits per heavy atom. The van der Waals surface area contributed by atoms with Gasteiger partial charge in [-0.25, -0.2) is 15.0 Å². The summed E-state index contributed by atoms with van der Waals surface area (Å²) in [5.41, 5.74) is 2.12. The highest BCUT2D eigenvalue weighted by Crippen LogP contribution is 2.23. The van der Waals surface area contributed by atoms with Crippen molar-refractivity contribution in [1.82, 2.24) is 15.0 Å². The molecule has 1 aliphatic rings. The van der Waals surface area contributed by atoms with Gasteiger partial charge in [-0.05, 0) is 44.7 Å². The van der Waals surface area contributed by atoms with Gasteiger partial charge < -0.3 is 10.2 Å². The molecule has 0 spiro atoms. The van der Waals surface area contributed by atoms with Gasteiger partial charge in [0.2, 0.25) is 5.91 Å². The third kappa shape index (κ3) is 4.32. The molecule has 1 unspecified atom stereocenters. The van der Waals surface area contributed by atoms with E-state index in [2.05, 4.69) is 32.1 Å². The van der Waals surface area contributed by atoms with Crippen molar-refractivity contribution >= 4 is 17.5 Å². The lowest BCUT2D eigenvalue weighted by atomic mass is 9.97. The topological polar surface area (TPSA) is 71.0 Å². The maximum Gasteiger partial charge on any atom is 0.230 e. The number of anilines is 2. The third-order valence-corrected chi connectivity index (χ3v) is 4.52. The average molecular weight is 339 g/mol. The molecule has 3 heterocycles. The summed E-state index contributed by atoms with van der Waals surface area (Å²) >= 11 is 0. The van der Waals surface area contributed by atoms with E-state index in [4.69, 9.17) is 0 Å². The van der Waals surface area contributed by atoms with Gasteiger partial charge in [0.25, 0.3) is 0 Å². The fraction of sp³-hybridized carbons (Fsp3) is 0.474. The van der Waals surface area contributed by atoms with Crippen LogP contribution < -0.4 is 10.2 Å². The van der Waals surface area contributed by atoms with Crippen LogP contribution in [0.2, 0.25) is 0 Å². The molecule has 6 heteroatoms. The zero-order valence-electron chi connectivity index (χ0n) is 15.1. The van der Waals surface area contributed by atoms with E-state index < -0.39 is 0 Å². The van der Waals surface area contributed by atoms with E-state index in [9.17, 15) is 4.79 Å². The van der Waals surface area contributed by atoms with E-state index in [1.165, 1.54) is 0 Å². The Morgan fingerprint density at radius 2 is 2.16 bits per heavy atom. The fourth-order valence-electron chi connectivity index (χ4n) is 3.12. The van der Waals surface area contributed by atoms with Gasteiger partial charge in [-0.15, -0.1) is 0 Å². The van der Waals surface area contributed by atoms with Gasteiger partial charge in [0.1, 0.15) is 17.5 Å². The van der Waals surface area contributed by atoms with Crippen LogP contribution in [0.4, 0.5) is 11.6 Å². The first-order valence-electron chi connectivity index (χ1n) is 8.88. The maximum absolute atomic E-state index is 12.6. The van der Waals surface area contributed by atoms with Crippen LogP contribution in [0.5, 0.6) is 0 Å². The number of hydrogen-bond acceptors (Lipinski definition) is 5. The first-order valence-corrected chi connectivity index (χ1v) is 8.88. The van der Waals surface area contributed by atoms with Gasteiger partial charge in [-0.1, -0.05) is 13.0 Å². The van der Waals surface area contributed by atoms with Crippen LogP contribution in [0.1, 0.15) is 36.8 Å². The number of piperidine rings is 1. The zero-order chi connectivity index (χ0) is 17.8. The predicted octanol–water partition coefficient (Wildman–Crippen LogP) is 2.91. The molecule has 1 aliphatic heterocycles. The Labute approximate surface area is 148 Å². The molecule has 3 rings (SSSR count). The first-order chi connectivity index (χ1) is 12.0. The molecule has 25 heavy (non-hydrogen) atoms. The molecule has 0 aliphatic carbocycles. The summed E-state index contributed by atoms with van der Waals surface area (Å²) in [6, 6.07) is 5.83. The zero-order valence-corrected chi connectivity index (χ0v) is 15.1. The Balaban J connectivity index is 1.69. The van der Waals surface area contributed by atoms with Gasteiger partial charge in [0.05, 0.1) is 5.92 Å². The second-order valence-corrected chi connectivity index (χ2v) is 6.61. The molecule has 132 valence electrons. The van der Waals surface area contributed by atoms with Crippen molar-refractivity contribution in [1.29, 1.82) is 0 Å². The van der Waals surface area contributed by atoms with Gasteiger partial charge in [0, 0.05) is 31.0 Å². The van der Waals surface area contributed by atoms with Gasteiger partial charge in [-0.3, -0.25) is 4.79 Å². The molecule has 6 nitrogen and oxygen atoms in total. The number of nitrogens with zero attached hydrogens (tertiary/aromatic N) is 4. The largest absolute Gasteiger partial charge is 0.356 e. The van der Waals surface area contributed by atoms with Gasteiger partial charge >= 0.3 is 0 Å². The van der Waals surface area contributed by atoms with Crippen LogP contribution in [0.3, 0.4) is 0 Å². The summed E-state index contributed by atoms with van der Waals surface area (Å²) in [6.45, 7) is 7.59. The van der Waals surface area contributed by atoms with Crippen molar-refractivity contribution in [3.63, 3.8) is 0 Å². The normalized spacial score (nSPS) is 17.4. The lowest BCUT2D eigenvalue weighted by Gasteiger charge is -2.33. The highest BCUT2D eigenvalue weighted by molar-refractivity contribution is 5.92. The molecular formula is C19H25N5O. The van der Waals surface area contributed by atoms with Crippen molar-refractivity contribution in [3.05, 3.63) is 41.5 Å². The fourth-order valence-corrected chi connectivity index (χ4v) is 3.12. The maximum atomic E-state index is 12.6. The number of pyridine rings is 1. The highest BCUT2D eigenvalue weighted by Gasteiger charge is 2.27. The number of carbonyl (C=O) groups excluding carboxylic acids is 1. The summed E-state index contributed by atoms with van der Waals surface area (Å²) in [5.74, 6) is 2.29. The van der Waals surface area contributed by atoms with Crippen LogP contribution in [0.25, 0.3) is 0 Å². The van der Waals surface area contributed by atoms with Crippen molar-refractivity contribution < 1.29 is 4.79 Å². The minimum atomic E-state index is -0.0581. The average Bonchev–Trinajstić information content (AvgIpc) is 2.63. The Morgan fingerprint density at radius 3 is 2.88 bits per heavy atom. The Bertz CT molecular complexity index is 744. The molecule has 0 bridgehead atoms. The molecule has 1 fully saturated rings. The lowest BCUT2D eigenvalue weighted by Crippen LogP contribution is -2.41. The highest BCUT2D eigenvalue weighted by atomic mass is 16.2. The number of hydrogen-bond donors (Lipinski definition) is 1. The molecule has 1 atom stereocenters. The number of aryl methyl sites for hydroxylation is 3. The summed E-state index contributed by atoms with van der Waals surface area (Å²) in [6.07, 6.45) is 4.51. The molecule has 2 aromatic heterocycles. The van der Waals surface area contributed by atoms with Crippen LogP contribution in [0, 0.1) is 19.8 Å². The number of rotatable bonds is 4. The predicted molar refractivity (Wildman–Crippen MR) is 98.7 cm³/mol. The molecule has 0 saturated carbocycles. The summed E-state index contributed by atoms with van der Waals surface area (Å²) in [5, 5.41) is 2.94. The van der Waals surface area contributed by atoms with Crippen molar-refractivity contribution in [2.75, 3.05) is 23.3 Å². The minimum absolute atomic E-state index is 0.0301. The third-order valence-electron chi connectivity index (χ3n) is 4.52. The summed E-state index contributed by atoms with van der Waals surface area (Å²) in [7, 11) is 0. The molecule has 1 saturated heterocycles. The Hall–Kier alpha value is -2.50. The van der Waals surface area contributed by atoms with E-state index in [-0.39, 0.29) is 11.8 Å². The molecule has 2 aromatic rings. The number of amides is 1. The minimum Gasteiger partial charge on any atom is -0.356 e. The molecule has 0 aromatic carbocycles. The van der Waals surface area contributed by atoms with E-state index in [1.807, 2.05) is 32.0 Å². The van der Waals surface area contributed by atoms with Crippen LogP contribution in [-0.2, 0) is 11.2 Å². The number of aromatic nitrogens is 3. The van der Waals surface area contributed by atoms with E-state index in [1.54, 1.807) is 6.20 Å². The van der Waals surface area contributed by atoms with Crippen molar-refractivity contribution in [2.24, 2.45) is 5.92 Å². The second kappa shape index (κ2) is 7.59. The van der Waals surface area contributed by atoms with Gasteiger partial charge in [0.15, 0.2) is 0 Å². The molecular weight excluding hydrogens is 314 g/mol. The van der Waals surface area contributed by atoms with Crippen LogP contribution >= 0.6 is 0 Å². The summed E-state index contributed by atoms with van der Waals surface area (Å²) in [4.78, 5) is 28.1. The van der Waals surface area contributed by atoms with Crippen LogP contribution in [0.15, 0.2) is 24.4 Å². The smallest absolute Gasteiger partial charge is 0.230 e. The molecule has 0 radical (unpaired) electrons. The second-order valence-electron chi connectivity index (χ2n) is 6.61. The summed E-state index contributed by atoms with van der Waals surface area (Å²) < 4.78 is 0. The van der Waals surface area contributed by atoms with E-state index >= 15 is 0 Å². The SMILES string of the molecule is CCc1cc(N2CCCC(C(=O)Nc3ccc(C)cn3)C2)nc(C)n1. The standard InChI is InChI=1S/C19H25N5O/c1-4-16-10-18(22-14(3)21-16)24-9-5-6-15(12-24)19(25)23-17-8-7-13(2)11-20-17/h7-8,10-11,15H,4-6,9,12H2,1-3H3,(H,20,23,25). The first kappa shape index (κ1) is 17.3. The van der Waals surface area contributed by atoms with Crippen molar-refractivity contribution in [3.8, 4) is 0 Å². The van der Waals surface area contributed by atoms with Gasteiger partial charge in [-0.2, -0.15) is 0 Å². The van der Waals surface area contributed by atoms with E-state index in [0.717, 1.165) is 48.7 Å². The lowest BCUT2D eigenvalue weighted by molar-refractivity contribution is -0.120. The number of nitrogens with one attached hydrogen (secondary N) is 1. The quantitative estimate of drug-likeness (QED) is 0.927. The Kier molecular flexibility index (Phi) is 5.26. The molecule has 1 amide bonds. The van der Waals surface area contributed by atoms with Crippen LogP contribution in [-0.4, -0.2) is 33.9 Å².